The van der Waals surface area contributed by atoms with Gasteiger partial charge in [-0.1, -0.05) is 48.0 Å². The fourth-order valence-electron chi connectivity index (χ4n) is 3.22. The molecule has 1 N–H and O–H groups in total. The summed E-state index contributed by atoms with van der Waals surface area (Å²) < 4.78 is 16.1. The highest BCUT2D eigenvalue weighted by Crippen LogP contribution is 2.21. The third-order valence-electron chi connectivity index (χ3n) is 4.81. The Labute approximate surface area is 176 Å². The van der Waals surface area contributed by atoms with E-state index in [1.54, 1.807) is 25.3 Å². The molecular weight excluding hydrogens is 407 g/mol. The molecule has 0 bridgehead atoms. The molecule has 8 heteroatoms. The molecule has 4 rings (SSSR count). The highest BCUT2D eigenvalue weighted by atomic mass is 35.5. The predicted molar refractivity (Wildman–Crippen MR) is 113 cm³/mol. The van der Waals surface area contributed by atoms with Crippen LogP contribution in [0.4, 0.5) is 4.39 Å². The molecule has 0 aliphatic heterocycles. The van der Waals surface area contributed by atoms with Crippen LogP contribution in [0.25, 0.3) is 16.8 Å². The number of rotatable bonds is 5. The number of halogens is 2. The van der Waals surface area contributed by atoms with E-state index in [0.717, 1.165) is 15.8 Å². The van der Waals surface area contributed by atoms with Gasteiger partial charge in [0.2, 0.25) is 5.91 Å². The van der Waals surface area contributed by atoms with Gasteiger partial charge in [-0.05, 0) is 47.9 Å². The van der Waals surface area contributed by atoms with Crippen LogP contribution >= 0.6 is 11.6 Å². The van der Waals surface area contributed by atoms with E-state index in [1.165, 1.54) is 16.5 Å². The Kier molecular flexibility index (Phi) is 5.37. The number of benzene rings is 2. The standard InChI is InChI=1S/C22H18ClFN4O2/c1-14(16-7-8-18(23)19(24)11-16)25-21(29)13-28-22(30)27-10-9-17(12-20(27)26-28)15-5-3-2-4-6-15/h2-12,14H,13H2,1H3,(H,25,29)/t14-/m0/s1. The lowest BCUT2D eigenvalue weighted by atomic mass is 10.1. The van der Waals surface area contributed by atoms with Crippen molar-refractivity contribution in [3.05, 3.63) is 93.7 Å². The molecule has 0 radical (unpaired) electrons. The number of carbonyl (C=O) groups excluding carboxylic acids is 1. The predicted octanol–water partition coefficient (Wildman–Crippen LogP) is 3.83. The van der Waals surface area contributed by atoms with Crippen LogP contribution in [0.3, 0.4) is 0 Å². The molecule has 0 spiro atoms. The number of nitrogens with one attached hydrogen (secondary N) is 1. The summed E-state index contributed by atoms with van der Waals surface area (Å²) in [5.74, 6) is -0.965. The Morgan fingerprint density at radius 3 is 2.63 bits per heavy atom. The summed E-state index contributed by atoms with van der Waals surface area (Å²) in [5, 5.41) is 7.03. The molecule has 2 heterocycles. The zero-order valence-corrected chi connectivity index (χ0v) is 16.8. The van der Waals surface area contributed by atoms with Gasteiger partial charge in [0.1, 0.15) is 12.4 Å². The van der Waals surface area contributed by atoms with Gasteiger partial charge in [0.15, 0.2) is 5.65 Å². The average Bonchev–Trinajstić information content (AvgIpc) is 3.05. The number of amides is 1. The molecule has 0 fully saturated rings. The molecule has 0 saturated heterocycles. The number of nitrogens with zero attached hydrogens (tertiary/aromatic N) is 3. The highest BCUT2D eigenvalue weighted by molar-refractivity contribution is 6.30. The zero-order chi connectivity index (χ0) is 21.3. The van der Waals surface area contributed by atoms with Crippen LogP contribution in [0.1, 0.15) is 18.5 Å². The Hall–Kier alpha value is -3.45. The Morgan fingerprint density at radius 1 is 1.13 bits per heavy atom. The zero-order valence-electron chi connectivity index (χ0n) is 16.0. The summed E-state index contributed by atoms with van der Waals surface area (Å²) in [6.07, 6.45) is 1.64. The van der Waals surface area contributed by atoms with Crippen molar-refractivity contribution in [2.45, 2.75) is 19.5 Å². The summed E-state index contributed by atoms with van der Waals surface area (Å²) in [7, 11) is 0. The number of carbonyl (C=O) groups is 1. The van der Waals surface area contributed by atoms with E-state index in [4.69, 9.17) is 11.6 Å². The van der Waals surface area contributed by atoms with Crippen molar-refractivity contribution in [3.63, 3.8) is 0 Å². The first-order valence-electron chi connectivity index (χ1n) is 9.31. The summed E-state index contributed by atoms with van der Waals surface area (Å²) in [6, 6.07) is 17.2. The molecule has 0 aliphatic rings. The smallest absolute Gasteiger partial charge is 0.348 e. The molecule has 2 aromatic carbocycles. The molecule has 2 aromatic heterocycles. The molecule has 6 nitrogen and oxygen atoms in total. The van der Waals surface area contributed by atoms with Crippen molar-refractivity contribution in [1.29, 1.82) is 0 Å². The lowest BCUT2D eigenvalue weighted by Gasteiger charge is -2.14. The lowest BCUT2D eigenvalue weighted by Crippen LogP contribution is -2.34. The van der Waals surface area contributed by atoms with Crippen LogP contribution in [0.5, 0.6) is 0 Å². The van der Waals surface area contributed by atoms with E-state index < -0.39 is 23.5 Å². The highest BCUT2D eigenvalue weighted by Gasteiger charge is 2.15. The van der Waals surface area contributed by atoms with E-state index in [0.29, 0.717) is 11.2 Å². The van der Waals surface area contributed by atoms with Crippen LogP contribution in [-0.2, 0) is 11.3 Å². The molecule has 152 valence electrons. The van der Waals surface area contributed by atoms with E-state index in [2.05, 4.69) is 10.4 Å². The topological polar surface area (TPSA) is 68.4 Å². The Balaban J connectivity index is 1.53. The van der Waals surface area contributed by atoms with Gasteiger partial charge in [0.25, 0.3) is 0 Å². The number of aromatic nitrogens is 3. The SMILES string of the molecule is C[C@H](NC(=O)Cn1nc2cc(-c3ccccc3)ccn2c1=O)c1ccc(Cl)c(F)c1. The third-order valence-corrected chi connectivity index (χ3v) is 5.11. The quantitative estimate of drug-likeness (QED) is 0.529. The normalized spacial score (nSPS) is 12.1. The number of hydrogen-bond donors (Lipinski definition) is 1. The van der Waals surface area contributed by atoms with Crippen molar-refractivity contribution >= 4 is 23.2 Å². The maximum Gasteiger partial charge on any atom is 0.350 e. The second-order valence-electron chi connectivity index (χ2n) is 6.91. The second kappa shape index (κ2) is 8.12. The van der Waals surface area contributed by atoms with Crippen LogP contribution in [0, 0.1) is 5.82 Å². The molecule has 0 saturated carbocycles. The largest absolute Gasteiger partial charge is 0.350 e. The van der Waals surface area contributed by atoms with E-state index in [-0.39, 0.29) is 11.6 Å². The Morgan fingerprint density at radius 2 is 1.90 bits per heavy atom. The van der Waals surface area contributed by atoms with E-state index in [9.17, 15) is 14.0 Å². The minimum absolute atomic E-state index is 0.0170. The van der Waals surface area contributed by atoms with Crippen molar-refractivity contribution in [2.75, 3.05) is 0 Å². The Bertz CT molecular complexity index is 1280. The van der Waals surface area contributed by atoms with E-state index >= 15 is 0 Å². The fourth-order valence-corrected chi connectivity index (χ4v) is 3.34. The van der Waals surface area contributed by atoms with Gasteiger partial charge in [0, 0.05) is 6.20 Å². The van der Waals surface area contributed by atoms with Crippen molar-refractivity contribution in [3.8, 4) is 11.1 Å². The van der Waals surface area contributed by atoms with E-state index in [1.807, 2.05) is 36.4 Å². The van der Waals surface area contributed by atoms with Crippen molar-refractivity contribution in [2.24, 2.45) is 0 Å². The molecular formula is C22H18ClFN4O2. The first-order valence-corrected chi connectivity index (χ1v) is 9.69. The van der Waals surface area contributed by atoms with Gasteiger partial charge in [-0.15, -0.1) is 5.10 Å². The fraction of sp³-hybridized carbons (Fsp3) is 0.136. The lowest BCUT2D eigenvalue weighted by molar-refractivity contribution is -0.122. The summed E-state index contributed by atoms with van der Waals surface area (Å²) in [4.78, 5) is 25.0. The third kappa shape index (κ3) is 3.97. The van der Waals surface area contributed by atoms with Crippen LogP contribution in [0.2, 0.25) is 5.02 Å². The van der Waals surface area contributed by atoms with Crippen LogP contribution in [-0.4, -0.2) is 20.1 Å². The van der Waals surface area contributed by atoms with Gasteiger partial charge >= 0.3 is 5.69 Å². The number of hydrogen-bond acceptors (Lipinski definition) is 3. The maximum absolute atomic E-state index is 13.6. The monoisotopic (exact) mass is 424 g/mol. The average molecular weight is 425 g/mol. The molecule has 0 unspecified atom stereocenters. The van der Waals surface area contributed by atoms with Crippen LogP contribution < -0.4 is 11.0 Å². The second-order valence-corrected chi connectivity index (χ2v) is 7.32. The number of pyridine rings is 1. The first-order chi connectivity index (χ1) is 14.4. The molecule has 4 aromatic rings. The molecule has 0 aliphatic carbocycles. The van der Waals surface area contributed by atoms with Gasteiger partial charge in [-0.2, -0.15) is 0 Å². The van der Waals surface area contributed by atoms with Gasteiger partial charge < -0.3 is 5.32 Å². The minimum Gasteiger partial charge on any atom is -0.348 e. The molecule has 1 amide bonds. The maximum atomic E-state index is 13.6. The van der Waals surface area contributed by atoms with Crippen molar-refractivity contribution < 1.29 is 9.18 Å². The molecule has 1 atom stereocenters. The first kappa shape index (κ1) is 19.8. The van der Waals surface area contributed by atoms with Gasteiger partial charge in [-0.3, -0.25) is 9.20 Å². The van der Waals surface area contributed by atoms with Crippen LogP contribution in [0.15, 0.2) is 71.7 Å². The number of fused-ring (bicyclic) bond motifs is 1. The summed E-state index contributed by atoms with van der Waals surface area (Å²) in [5.41, 5.74) is 2.53. The summed E-state index contributed by atoms with van der Waals surface area (Å²) >= 11 is 5.69. The minimum atomic E-state index is -0.555. The van der Waals surface area contributed by atoms with Gasteiger partial charge in [0.05, 0.1) is 11.1 Å². The van der Waals surface area contributed by atoms with Gasteiger partial charge in [-0.25, -0.2) is 13.9 Å². The molecule has 30 heavy (non-hydrogen) atoms. The van der Waals surface area contributed by atoms with Crippen molar-refractivity contribution in [1.82, 2.24) is 19.5 Å². The summed E-state index contributed by atoms with van der Waals surface area (Å²) in [6.45, 7) is 1.47.